The van der Waals surface area contributed by atoms with Gasteiger partial charge in [0, 0.05) is 21.2 Å². The van der Waals surface area contributed by atoms with Gasteiger partial charge in [-0.05, 0) is 18.3 Å². The van der Waals surface area contributed by atoms with Gasteiger partial charge >= 0.3 is 0 Å². The molecule has 2 nitrogen and oxygen atoms in total. The molecule has 0 aliphatic heterocycles. The van der Waals surface area contributed by atoms with Crippen LogP contribution in [0, 0.1) is 5.41 Å². The Morgan fingerprint density at radius 3 is 1.06 bits per heavy atom. The molecule has 4 aromatic rings. The maximum atomic E-state index is 16.0. The van der Waals surface area contributed by atoms with E-state index in [0.29, 0.717) is 0 Å². The maximum Gasteiger partial charge on any atom is 0.154 e. The summed E-state index contributed by atoms with van der Waals surface area (Å²) in [5, 5.41) is 2.47. The molecule has 0 bridgehead atoms. The van der Waals surface area contributed by atoms with Crippen LogP contribution in [0.3, 0.4) is 0 Å². The monoisotopic (exact) mass is 514 g/mol. The van der Waals surface area contributed by atoms with Gasteiger partial charge in [-0.25, -0.2) is 0 Å². The molecule has 0 heterocycles. The second-order valence-electron chi connectivity index (χ2n) is 9.79. The van der Waals surface area contributed by atoms with Crippen molar-refractivity contribution in [2.75, 3.05) is 0 Å². The summed E-state index contributed by atoms with van der Waals surface area (Å²) in [6.45, 7) is 6.53. The minimum absolute atomic E-state index is 0.433. The van der Waals surface area contributed by atoms with E-state index >= 15 is 9.13 Å². The third kappa shape index (κ3) is 4.70. The normalized spacial score (nSPS) is 13.9. The first kappa shape index (κ1) is 26.4. The van der Waals surface area contributed by atoms with Crippen molar-refractivity contribution in [1.82, 2.24) is 0 Å². The Kier molecular flexibility index (Phi) is 8.19. The Morgan fingerprint density at radius 1 is 0.556 bits per heavy atom. The van der Waals surface area contributed by atoms with Gasteiger partial charge in [0.25, 0.3) is 0 Å². The van der Waals surface area contributed by atoms with E-state index in [1.54, 1.807) is 0 Å². The van der Waals surface area contributed by atoms with E-state index in [1.165, 1.54) is 0 Å². The predicted molar refractivity (Wildman–Crippen MR) is 157 cm³/mol. The third-order valence-electron chi connectivity index (χ3n) is 7.50. The zero-order valence-corrected chi connectivity index (χ0v) is 23.2. The molecule has 1 atom stereocenters. The average Bonchev–Trinajstić information content (AvgIpc) is 2.95. The van der Waals surface area contributed by atoms with Crippen molar-refractivity contribution in [3.05, 3.63) is 121 Å². The molecule has 0 radical (unpaired) electrons. The molecule has 0 aromatic heterocycles. The highest BCUT2D eigenvalue weighted by molar-refractivity contribution is 7.95. The second kappa shape index (κ2) is 11.2. The van der Waals surface area contributed by atoms with Gasteiger partial charge in [-0.3, -0.25) is 0 Å². The molecule has 0 fully saturated rings. The van der Waals surface area contributed by atoms with E-state index in [-0.39, 0.29) is 0 Å². The van der Waals surface area contributed by atoms with E-state index in [4.69, 9.17) is 0 Å². The molecule has 36 heavy (non-hydrogen) atoms. The molecule has 1 unspecified atom stereocenters. The lowest BCUT2D eigenvalue weighted by Gasteiger charge is -2.46. The summed E-state index contributed by atoms with van der Waals surface area (Å²) in [5.74, 6) is 0. The molecule has 186 valence electrons. The first-order valence-corrected chi connectivity index (χ1v) is 16.4. The van der Waals surface area contributed by atoms with E-state index < -0.39 is 25.1 Å². The summed E-state index contributed by atoms with van der Waals surface area (Å²) in [6.07, 6.45) is 2.54. The van der Waals surface area contributed by atoms with E-state index in [2.05, 4.69) is 20.8 Å². The van der Waals surface area contributed by atoms with Crippen molar-refractivity contribution in [2.45, 2.75) is 45.4 Å². The van der Waals surface area contributed by atoms with Crippen molar-refractivity contribution in [1.29, 1.82) is 0 Å². The number of hydrogen-bond acceptors (Lipinski definition) is 2. The van der Waals surface area contributed by atoms with Crippen molar-refractivity contribution in [3.63, 3.8) is 0 Å². The predicted octanol–water partition coefficient (Wildman–Crippen LogP) is 7.56. The van der Waals surface area contributed by atoms with Crippen molar-refractivity contribution < 1.29 is 9.13 Å². The van der Waals surface area contributed by atoms with Crippen LogP contribution in [-0.2, 0) is 9.13 Å². The Hall–Kier alpha value is -2.66. The lowest BCUT2D eigenvalue weighted by atomic mass is 9.85. The van der Waals surface area contributed by atoms with E-state index in [0.717, 1.165) is 40.5 Å². The smallest absolute Gasteiger partial charge is 0.154 e. The second-order valence-corrected chi connectivity index (χ2v) is 15.9. The molecule has 4 aromatic carbocycles. The standard InChI is InChI=1S/C32H36O2P2/c1-4-26-32(3,5-2)31(35(33,27-18-10-6-11-19-27)28-20-12-7-13-21-28)36(34,29-22-14-8-15-23-29)30-24-16-9-17-25-30/h6-25,31H,4-5,26H2,1-3H3. The molecular weight excluding hydrogens is 478 g/mol. The fourth-order valence-electron chi connectivity index (χ4n) is 5.63. The van der Waals surface area contributed by atoms with Gasteiger partial charge in [-0.1, -0.05) is 149 Å². The fourth-order valence-corrected chi connectivity index (χ4v) is 15.6. The minimum Gasteiger partial charge on any atom is -0.313 e. The zero-order valence-electron chi connectivity index (χ0n) is 21.5. The zero-order chi connectivity index (χ0) is 25.7. The van der Waals surface area contributed by atoms with Gasteiger partial charge in [0.05, 0.1) is 5.40 Å². The molecule has 0 saturated carbocycles. The van der Waals surface area contributed by atoms with Crippen LogP contribution in [0.1, 0.15) is 40.0 Å². The van der Waals surface area contributed by atoms with Crippen LogP contribution in [0.2, 0.25) is 0 Å². The minimum atomic E-state index is -3.42. The molecule has 4 heteroatoms. The molecule has 0 aliphatic carbocycles. The first-order valence-electron chi connectivity index (χ1n) is 12.8. The topological polar surface area (TPSA) is 34.1 Å². The van der Waals surface area contributed by atoms with Crippen LogP contribution in [0.4, 0.5) is 0 Å². The summed E-state index contributed by atoms with van der Waals surface area (Å²) in [7, 11) is -6.84. The highest BCUT2D eigenvalue weighted by atomic mass is 31.2. The molecule has 0 spiro atoms. The maximum absolute atomic E-state index is 16.0. The third-order valence-corrected chi connectivity index (χ3v) is 16.3. The highest BCUT2D eigenvalue weighted by Gasteiger charge is 2.56. The number of benzene rings is 4. The van der Waals surface area contributed by atoms with Crippen LogP contribution in [-0.4, -0.2) is 5.40 Å². The Bertz CT molecular complexity index is 1150. The van der Waals surface area contributed by atoms with Crippen molar-refractivity contribution >= 4 is 35.5 Å². The van der Waals surface area contributed by atoms with Gasteiger partial charge in [-0.15, -0.1) is 0 Å². The first-order chi connectivity index (χ1) is 17.4. The molecular formula is C32H36O2P2. The van der Waals surface area contributed by atoms with Crippen LogP contribution >= 0.6 is 14.3 Å². The fraction of sp³-hybridized carbons (Fsp3) is 0.250. The van der Waals surface area contributed by atoms with Gasteiger partial charge in [0.1, 0.15) is 0 Å². The summed E-state index contributed by atoms with van der Waals surface area (Å²) in [6, 6.07) is 39.1. The van der Waals surface area contributed by atoms with E-state index in [1.807, 2.05) is 121 Å². The van der Waals surface area contributed by atoms with E-state index in [9.17, 15) is 0 Å². The summed E-state index contributed by atoms with van der Waals surface area (Å²) in [5.41, 5.74) is -0.433. The lowest BCUT2D eigenvalue weighted by molar-refractivity contribution is 0.300. The average molecular weight is 515 g/mol. The van der Waals surface area contributed by atoms with Gasteiger partial charge in [0.15, 0.2) is 14.3 Å². The van der Waals surface area contributed by atoms with Crippen LogP contribution < -0.4 is 21.2 Å². The van der Waals surface area contributed by atoms with Crippen LogP contribution in [0.5, 0.6) is 0 Å². The van der Waals surface area contributed by atoms with Gasteiger partial charge in [-0.2, -0.15) is 0 Å². The molecule has 0 N–H and O–H groups in total. The molecule has 4 rings (SSSR count). The van der Waals surface area contributed by atoms with Crippen molar-refractivity contribution in [2.24, 2.45) is 5.41 Å². The lowest BCUT2D eigenvalue weighted by Crippen LogP contribution is -2.42. The van der Waals surface area contributed by atoms with Crippen molar-refractivity contribution in [3.8, 4) is 0 Å². The highest BCUT2D eigenvalue weighted by Crippen LogP contribution is 2.72. The summed E-state index contributed by atoms with van der Waals surface area (Å²) in [4.78, 5) is 0. The Balaban J connectivity index is 2.18. The number of hydrogen-bond donors (Lipinski definition) is 0. The summed E-state index contributed by atoms with van der Waals surface area (Å²) < 4.78 is 32.0. The molecule has 0 amide bonds. The quantitative estimate of drug-likeness (QED) is 0.205. The van der Waals surface area contributed by atoms with Gasteiger partial charge in [0.2, 0.25) is 0 Å². The Labute approximate surface area is 216 Å². The molecule has 0 saturated heterocycles. The summed E-state index contributed by atoms with van der Waals surface area (Å²) >= 11 is 0. The molecule has 0 aliphatic rings. The van der Waals surface area contributed by atoms with Crippen LogP contribution in [0.15, 0.2) is 121 Å². The van der Waals surface area contributed by atoms with Crippen LogP contribution in [0.25, 0.3) is 0 Å². The van der Waals surface area contributed by atoms with Gasteiger partial charge < -0.3 is 9.13 Å². The SMILES string of the molecule is CCCC(C)(CC)C(P(=O)(c1ccccc1)c1ccccc1)P(=O)(c1ccccc1)c1ccccc1. The Morgan fingerprint density at radius 2 is 0.833 bits per heavy atom. The largest absolute Gasteiger partial charge is 0.313 e. The number of rotatable bonds is 10.